The Morgan fingerprint density at radius 3 is 2.70 bits per heavy atom. The quantitative estimate of drug-likeness (QED) is 0.901. The van der Waals surface area contributed by atoms with Crippen molar-refractivity contribution in [1.82, 2.24) is 4.90 Å². The van der Waals surface area contributed by atoms with Crippen molar-refractivity contribution in [3.05, 3.63) is 35.6 Å². The van der Waals surface area contributed by atoms with E-state index in [2.05, 4.69) is 11.8 Å². The molecule has 0 spiro atoms. The van der Waals surface area contributed by atoms with E-state index in [1.54, 1.807) is 6.07 Å². The highest BCUT2D eigenvalue weighted by Crippen LogP contribution is 2.31. The van der Waals surface area contributed by atoms with Crippen LogP contribution in [0.1, 0.15) is 38.3 Å². The van der Waals surface area contributed by atoms with E-state index >= 15 is 0 Å². The molecule has 4 unspecified atom stereocenters. The SMILES string of the molecule is CCC(N)C(c1ccccc1F)N(C)C1CCOC1C. The Kier molecular flexibility index (Phi) is 5.13. The highest BCUT2D eigenvalue weighted by atomic mass is 19.1. The van der Waals surface area contributed by atoms with Gasteiger partial charge < -0.3 is 10.5 Å². The van der Waals surface area contributed by atoms with Gasteiger partial charge >= 0.3 is 0 Å². The first-order valence-corrected chi connectivity index (χ1v) is 7.39. The number of benzene rings is 1. The molecule has 4 heteroatoms. The lowest BCUT2D eigenvalue weighted by Crippen LogP contribution is -2.46. The van der Waals surface area contributed by atoms with Gasteiger partial charge in [-0.3, -0.25) is 4.90 Å². The Morgan fingerprint density at radius 2 is 2.15 bits per heavy atom. The summed E-state index contributed by atoms with van der Waals surface area (Å²) in [5.74, 6) is -0.181. The zero-order valence-corrected chi connectivity index (χ0v) is 12.6. The number of likely N-dealkylation sites (N-methyl/N-ethyl adjacent to an activating group) is 1. The van der Waals surface area contributed by atoms with Gasteiger partial charge in [0.1, 0.15) is 5.82 Å². The molecule has 3 nitrogen and oxygen atoms in total. The van der Waals surface area contributed by atoms with E-state index in [4.69, 9.17) is 10.5 Å². The summed E-state index contributed by atoms with van der Waals surface area (Å²) in [6, 6.07) is 7.02. The highest BCUT2D eigenvalue weighted by Gasteiger charge is 2.35. The molecule has 20 heavy (non-hydrogen) atoms. The maximum atomic E-state index is 14.2. The van der Waals surface area contributed by atoms with Gasteiger partial charge in [-0.25, -0.2) is 4.39 Å². The zero-order chi connectivity index (χ0) is 14.7. The van der Waals surface area contributed by atoms with E-state index in [0.717, 1.165) is 19.4 Å². The molecular formula is C16H25FN2O. The molecule has 1 aromatic carbocycles. The summed E-state index contributed by atoms with van der Waals surface area (Å²) >= 11 is 0. The Bertz CT molecular complexity index is 440. The fourth-order valence-corrected chi connectivity index (χ4v) is 3.15. The van der Waals surface area contributed by atoms with Crippen LogP contribution in [0.25, 0.3) is 0 Å². The van der Waals surface area contributed by atoms with Crippen LogP contribution in [0.4, 0.5) is 4.39 Å². The molecule has 0 aliphatic carbocycles. The van der Waals surface area contributed by atoms with E-state index in [1.807, 2.05) is 26.1 Å². The minimum atomic E-state index is -0.181. The third-order valence-electron chi connectivity index (χ3n) is 4.40. The van der Waals surface area contributed by atoms with Gasteiger partial charge in [-0.05, 0) is 32.9 Å². The summed E-state index contributed by atoms with van der Waals surface area (Å²) in [7, 11) is 2.03. The Balaban J connectivity index is 2.30. The summed E-state index contributed by atoms with van der Waals surface area (Å²) in [6.07, 6.45) is 1.95. The van der Waals surface area contributed by atoms with Crippen molar-refractivity contribution >= 4 is 0 Å². The fourth-order valence-electron chi connectivity index (χ4n) is 3.15. The minimum Gasteiger partial charge on any atom is -0.377 e. The molecule has 1 aromatic rings. The van der Waals surface area contributed by atoms with Crippen molar-refractivity contribution in [1.29, 1.82) is 0 Å². The van der Waals surface area contributed by atoms with E-state index in [9.17, 15) is 4.39 Å². The predicted octanol–water partition coefficient (Wildman–Crippen LogP) is 2.71. The highest BCUT2D eigenvalue weighted by molar-refractivity contribution is 5.23. The molecule has 1 saturated heterocycles. The van der Waals surface area contributed by atoms with Gasteiger partial charge in [0.05, 0.1) is 12.1 Å². The summed E-state index contributed by atoms with van der Waals surface area (Å²) in [4.78, 5) is 2.20. The van der Waals surface area contributed by atoms with E-state index < -0.39 is 0 Å². The third-order valence-corrected chi connectivity index (χ3v) is 4.40. The second-order valence-corrected chi connectivity index (χ2v) is 5.64. The van der Waals surface area contributed by atoms with Crippen LogP contribution < -0.4 is 5.73 Å². The molecule has 0 bridgehead atoms. The fraction of sp³-hybridized carbons (Fsp3) is 0.625. The van der Waals surface area contributed by atoms with Crippen LogP contribution in [-0.4, -0.2) is 36.7 Å². The first kappa shape index (κ1) is 15.4. The van der Waals surface area contributed by atoms with Crippen LogP contribution in [0.15, 0.2) is 24.3 Å². The van der Waals surface area contributed by atoms with Crippen molar-refractivity contribution in [3.8, 4) is 0 Å². The lowest BCUT2D eigenvalue weighted by molar-refractivity contribution is 0.0600. The molecule has 112 valence electrons. The third kappa shape index (κ3) is 3.03. The average Bonchev–Trinajstić information content (AvgIpc) is 2.87. The van der Waals surface area contributed by atoms with Gasteiger partial charge in [0.15, 0.2) is 0 Å². The average molecular weight is 280 g/mol. The molecule has 1 heterocycles. The number of rotatable bonds is 5. The van der Waals surface area contributed by atoms with Crippen LogP contribution >= 0.6 is 0 Å². The zero-order valence-electron chi connectivity index (χ0n) is 12.6. The van der Waals surface area contributed by atoms with Crippen LogP contribution in [0.5, 0.6) is 0 Å². The van der Waals surface area contributed by atoms with Crippen LogP contribution in [0.3, 0.4) is 0 Å². The van der Waals surface area contributed by atoms with Gasteiger partial charge in [-0.15, -0.1) is 0 Å². The van der Waals surface area contributed by atoms with Gasteiger partial charge in [0.25, 0.3) is 0 Å². The molecule has 1 aliphatic heterocycles. The number of hydrogen-bond acceptors (Lipinski definition) is 3. The molecule has 0 amide bonds. The van der Waals surface area contributed by atoms with Crippen molar-refractivity contribution in [2.45, 2.75) is 50.9 Å². The molecule has 1 aliphatic rings. The molecular weight excluding hydrogens is 255 g/mol. The van der Waals surface area contributed by atoms with Crippen molar-refractivity contribution < 1.29 is 9.13 Å². The number of ether oxygens (including phenoxy) is 1. The maximum absolute atomic E-state index is 14.2. The molecule has 1 fully saturated rings. The van der Waals surface area contributed by atoms with Crippen LogP contribution in [-0.2, 0) is 4.74 Å². The minimum absolute atomic E-state index is 0.0929. The van der Waals surface area contributed by atoms with Gasteiger partial charge in [-0.2, -0.15) is 0 Å². The van der Waals surface area contributed by atoms with Crippen LogP contribution in [0.2, 0.25) is 0 Å². The first-order valence-electron chi connectivity index (χ1n) is 7.39. The van der Waals surface area contributed by atoms with Crippen LogP contribution in [0, 0.1) is 5.82 Å². The van der Waals surface area contributed by atoms with Gasteiger partial charge in [0, 0.05) is 24.3 Å². The van der Waals surface area contributed by atoms with E-state index in [0.29, 0.717) is 5.56 Å². The summed E-state index contributed by atoms with van der Waals surface area (Å²) in [5, 5.41) is 0. The predicted molar refractivity (Wildman–Crippen MR) is 79.0 cm³/mol. The maximum Gasteiger partial charge on any atom is 0.128 e. The smallest absolute Gasteiger partial charge is 0.128 e. The monoisotopic (exact) mass is 280 g/mol. The molecule has 0 aromatic heterocycles. The largest absolute Gasteiger partial charge is 0.377 e. The van der Waals surface area contributed by atoms with E-state index in [1.165, 1.54) is 6.07 Å². The number of hydrogen-bond donors (Lipinski definition) is 1. The lowest BCUT2D eigenvalue weighted by atomic mass is 9.94. The molecule has 2 N–H and O–H groups in total. The number of nitrogens with zero attached hydrogens (tertiary/aromatic N) is 1. The topological polar surface area (TPSA) is 38.5 Å². The van der Waals surface area contributed by atoms with Crippen molar-refractivity contribution in [2.75, 3.05) is 13.7 Å². The van der Waals surface area contributed by atoms with Crippen molar-refractivity contribution in [2.24, 2.45) is 5.73 Å². The Morgan fingerprint density at radius 1 is 1.45 bits per heavy atom. The molecule has 0 saturated carbocycles. The van der Waals surface area contributed by atoms with Crippen molar-refractivity contribution in [3.63, 3.8) is 0 Å². The number of nitrogens with two attached hydrogens (primary N) is 1. The van der Waals surface area contributed by atoms with Gasteiger partial charge in [-0.1, -0.05) is 25.1 Å². The molecule has 2 rings (SSSR count). The Hall–Kier alpha value is -0.970. The first-order chi connectivity index (χ1) is 9.56. The summed E-state index contributed by atoms with van der Waals surface area (Å²) in [6.45, 7) is 4.88. The van der Waals surface area contributed by atoms with E-state index in [-0.39, 0.29) is 30.0 Å². The Labute approximate surface area is 120 Å². The lowest BCUT2D eigenvalue weighted by Gasteiger charge is -2.38. The second kappa shape index (κ2) is 6.66. The standard InChI is InChI=1S/C16H25FN2O/c1-4-14(18)16(12-7-5-6-8-13(12)17)19(3)15-9-10-20-11(15)2/h5-8,11,14-16H,4,9-10,18H2,1-3H3. The second-order valence-electron chi connectivity index (χ2n) is 5.64. The van der Waals surface area contributed by atoms with Gasteiger partial charge in [0.2, 0.25) is 0 Å². The summed E-state index contributed by atoms with van der Waals surface area (Å²) in [5.41, 5.74) is 6.97. The molecule has 4 atom stereocenters. The number of halogens is 1. The molecule has 0 radical (unpaired) electrons. The normalized spacial score (nSPS) is 25.9. The summed E-state index contributed by atoms with van der Waals surface area (Å²) < 4.78 is 19.8.